The summed E-state index contributed by atoms with van der Waals surface area (Å²) >= 11 is 0. The lowest BCUT2D eigenvalue weighted by atomic mass is 9.81. The maximum atomic E-state index is 12.8. The molecule has 0 aromatic carbocycles. The number of nitrogens with one attached hydrogen (secondary N) is 1. The van der Waals surface area contributed by atoms with Crippen molar-refractivity contribution in [3.05, 3.63) is 12.4 Å². The van der Waals surface area contributed by atoms with Crippen molar-refractivity contribution in [2.45, 2.75) is 97.1 Å². The van der Waals surface area contributed by atoms with Gasteiger partial charge in [-0.15, -0.1) is 0 Å². The zero-order chi connectivity index (χ0) is 26.2. The SMILES string of the molecule is C[C@@H](NC(=O)OC(C)(C)C)C(=O)N(C)C1CCN(c2ncc(B3OC(C)(C)C(C)(C)O3)cn2)CC1. The van der Waals surface area contributed by atoms with E-state index in [0.717, 1.165) is 31.4 Å². The number of likely N-dealkylation sites (N-methyl/N-ethyl adjacent to an activating group) is 1. The predicted octanol–water partition coefficient (Wildman–Crippen LogP) is 2.12. The summed E-state index contributed by atoms with van der Waals surface area (Å²) in [5.41, 5.74) is -0.654. The normalized spacial score (nSPS) is 20.9. The molecule has 2 aliphatic rings. The minimum absolute atomic E-state index is 0.0747. The van der Waals surface area contributed by atoms with Crippen LogP contribution in [0.15, 0.2) is 12.4 Å². The first-order valence-electron chi connectivity index (χ1n) is 12.3. The molecule has 11 heteroatoms. The Hall–Kier alpha value is -2.40. The Morgan fingerprint density at radius 3 is 2.14 bits per heavy atom. The number of aromatic nitrogens is 2. The number of anilines is 1. The minimum Gasteiger partial charge on any atom is -0.444 e. The number of carbonyl (C=O) groups is 2. The molecule has 3 heterocycles. The van der Waals surface area contributed by atoms with Crippen LogP contribution in [0.2, 0.25) is 0 Å². The molecule has 0 aliphatic carbocycles. The van der Waals surface area contributed by atoms with Gasteiger partial charge in [-0.1, -0.05) is 0 Å². The van der Waals surface area contributed by atoms with E-state index in [-0.39, 0.29) is 11.9 Å². The van der Waals surface area contributed by atoms with Crippen LogP contribution in [-0.4, -0.2) is 83.0 Å². The molecule has 0 spiro atoms. The number of rotatable bonds is 5. The Morgan fingerprint density at radius 1 is 1.14 bits per heavy atom. The van der Waals surface area contributed by atoms with Gasteiger partial charge in [-0.3, -0.25) is 4.79 Å². The number of hydrogen-bond donors (Lipinski definition) is 1. The molecule has 1 N–H and O–H groups in total. The highest BCUT2D eigenvalue weighted by Crippen LogP contribution is 2.36. The number of alkyl carbamates (subject to hydrolysis) is 1. The molecule has 10 nitrogen and oxygen atoms in total. The summed E-state index contributed by atoms with van der Waals surface area (Å²) in [7, 11) is 1.29. The van der Waals surface area contributed by atoms with Crippen molar-refractivity contribution in [2.24, 2.45) is 0 Å². The minimum atomic E-state index is -0.668. The fourth-order valence-corrected chi connectivity index (χ4v) is 4.08. The molecule has 2 amide bonds. The summed E-state index contributed by atoms with van der Waals surface area (Å²) in [4.78, 5) is 37.8. The maximum absolute atomic E-state index is 12.8. The number of amides is 2. The van der Waals surface area contributed by atoms with Crippen LogP contribution in [0, 0.1) is 0 Å². The highest BCUT2D eigenvalue weighted by atomic mass is 16.7. The summed E-state index contributed by atoms with van der Waals surface area (Å²) in [6.07, 6.45) is 4.49. The molecular weight excluding hydrogens is 449 g/mol. The van der Waals surface area contributed by atoms with Gasteiger partial charge in [0.1, 0.15) is 11.6 Å². The van der Waals surface area contributed by atoms with Gasteiger partial charge < -0.3 is 29.2 Å². The van der Waals surface area contributed by atoms with Gasteiger partial charge in [-0.05, 0) is 68.2 Å². The van der Waals surface area contributed by atoms with Gasteiger partial charge in [0.2, 0.25) is 11.9 Å². The summed E-state index contributed by atoms with van der Waals surface area (Å²) in [6.45, 7) is 16.6. The second kappa shape index (κ2) is 9.93. The third-order valence-electron chi connectivity index (χ3n) is 6.93. The van der Waals surface area contributed by atoms with E-state index in [1.54, 1.807) is 52.0 Å². The highest BCUT2D eigenvalue weighted by molar-refractivity contribution is 6.61. The zero-order valence-electron chi connectivity index (χ0n) is 22.5. The average molecular weight is 489 g/mol. The van der Waals surface area contributed by atoms with E-state index in [1.165, 1.54) is 0 Å². The molecule has 2 fully saturated rings. The van der Waals surface area contributed by atoms with Gasteiger partial charge >= 0.3 is 13.2 Å². The molecule has 2 saturated heterocycles. The van der Waals surface area contributed by atoms with Gasteiger partial charge in [0.25, 0.3) is 0 Å². The van der Waals surface area contributed by atoms with Crippen LogP contribution in [0.25, 0.3) is 0 Å². The van der Waals surface area contributed by atoms with E-state index in [1.807, 2.05) is 27.7 Å². The largest absolute Gasteiger partial charge is 0.498 e. The Balaban J connectivity index is 1.51. The van der Waals surface area contributed by atoms with Crippen LogP contribution in [0.1, 0.15) is 68.2 Å². The topological polar surface area (TPSA) is 106 Å². The summed E-state index contributed by atoms with van der Waals surface area (Å²) in [5.74, 6) is 0.509. The Kier molecular flexibility index (Phi) is 7.71. The molecule has 0 radical (unpaired) electrons. The standard InChI is InChI=1S/C24H40BN5O5/c1-16(28-21(32)33-22(2,3)4)19(31)29(9)18-10-12-30(13-11-18)20-26-14-17(15-27-20)25-34-23(5,6)24(7,8)35-25/h14-16,18H,10-13H2,1-9H3,(H,28,32)/t16-/m1/s1. The van der Waals surface area contributed by atoms with Gasteiger partial charge in [-0.25, -0.2) is 14.8 Å². The lowest BCUT2D eigenvalue weighted by Gasteiger charge is -2.37. The van der Waals surface area contributed by atoms with Crippen molar-refractivity contribution in [2.75, 3.05) is 25.0 Å². The number of ether oxygens (including phenoxy) is 1. The fourth-order valence-electron chi connectivity index (χ4n) is 4.08. The quantitative estimate of drug-likeness (QED) is 0.627. The van der Waals surface area contributed by atoms with E-state index in [0.29, 0.717) is 5.95 Å². The second-order valence-electron chi connectivity index (χ2n) is 11.4. The number of nitrogens with zero attached hydrogens (tertiary/aromatic N) is 4. The van der Waals surface area contributed by atoms with Gasteiger partial charge in [0, 0.05) is 44.0 Å². The summed E-state index contributed by atoms with van der Waals surface area (Å²) in [5, 5.41) is 2.63. The lowest BCUT2D eigenvalue weighted by Crippen LogP contribution is -2.52. The van der Waals surface area contributed by atoms with E-state index in [4.69, 9.17) is 14.0 Å². The molecule has 1 aromatic heterocycles. The van der Waals surface area contributed by atoms with E-state index in [9.17, 15) is 9.59 Å². The molecule has 0 saturated carbocycles. The van der Waals surface area contributed by atoms with Gasteiger partial charge in [-0.2, -0.15) is 0 Å². The summed E-state index contributed by atoms with van der Waals surface area (Å²) in [6, 6.07) is -0.593. The van der Waals surface area contributed by atoms with Crippen LogP contribution < -0.4 is 15.7 Å². The first kappa shape index (κ1) is 27.2. The molecule has 1 aromatic rings. The van der Waals surface area contributed by atoms with Crippen LogP contribution in [0.5, 0.6) is 0 Å². The number of hydrogen-bond acceptors (Lipinski definition) is 8. The molecule has 194 valence electrons. The monoisotopic (exact) mass is 489 g/mol. The molecule has 2 aliphatic heterocycles. The molecule has 0 bridgehead atoms. The van der Waals surface area contributed by atoms with E-state index in [2.05, 4.69) is 20.2 Å². The zero-order valence-corrected chi connectivity index (χ0v) is 22.5. The third-order valence-corrected chi connectivity index (χ3v) is 6.93. The Morgan fingerprint density at radius 2 is 1.66 bits per heavy atom. The van der Waals surface area contributed by atoms with Crippen molar-refractivity contribution < 1.29 is 23.6 Å². The van der Waals surface area contributed by atoms with E-state index >= 15 is 0 Å². The summed E-state index contributed by atoms with van der Waals surface area (Å²) < 4.78 is 17.4. The molecular formula is C24H40BN5O5. The maximum Gasteiger partial charge on any atom is 0.498 e. The van der Waals surface area contributed by atoms with Crippen molar-refractivity contribution in [1.82, 2.24) is 20.2 Å². The van der Waals surface area contributed by atoms with E-state index < -0.39 is 36.1 Å². The van der Waals surface area contributed by atoms with Crippen molar-refractivity contribution in [3.8, 4) is 0 Å². The number of piperidine rings is 1. The van der Waals surface area contributed by atoms with Crippen LogP contribution in [0.3, 0.4) is 0 Å². The molecule has 0 unspecified atom stereocenters. The predicted molar refractivity (Wildman–Crippen MR) is 135 cm³/mol. The first-order valence-corrected chi connectivity index (χ1v) is 12.3. The van der Waals surface area contributed by atoms with Crippen LogP contribution >= 0.6 is 0 Å². The average Bonchev–Trinajstić information content (AvgIpc) is 2.98. The molecule has 3 rings (SSSR count). The fraction of sp³-hybridized carbons (Fsp3) is 0.750. The van der Waals surface area contributed by atoms with Crippen molar-refractivity contribution in [3.63, 3.8) is 0 Å². The Bertz CT molecular complexity index is 894. The van der Waals surface area contributed by atoms with Crippen molar-refractivity contribution in [1.29, 1.82) is 0 Å². The van der Waals surface area contributed by atoms with Crippen LogP contribution in [-0.2, 0) is 18.8 Å². The first-order chi connectivity index (χ1) is 16.1. The smallest absolute Gasteiger partial charge is 0.444 e. The Labute approximate surface area is 209 Å². The van der Waals surface area contributed by atoms with Crippen molar-refractivity contribution >= 4 is 30.5 Å². The molecule has 1 atom stereocenters. The second-order valence-corrected chi connectivity index (χ2v) is 11.4. The highest BCUT2D eigenvalue weighted by Gasteiger charge is 2.52. The lowest BCUT2D eigenvalue weighted by molar-refractivity contribution is -0.134. The van der Waals surface area contributed by atoms with Crippen LogP contribution in [0.4, 0.5) is 10.7 Å². The third kappa shape index (κ3) is 6.44. The van der Waals surface area contributed by atoms with Gasteiger partial charge in [0.05, 0.1) is 11.2 Å². The van der Waals surface area contributed by atoms with Gasteiger partial charge in [0.15, 0.2) is 0 Å². The number of carbonyl (C=O) groups excluding carboxylic acids is 2. The molecule has 35 heavy (non-hydrogen) atoms.